The largest absolute Gasteiger partial charge is 0.326 e. The molecule has 0 aliphatic carbocycles. The summed E-state index contributed by atoms with van der Waals surface area (Å²) in [6.07, 6.45) is 0. The Balaban J connectivity index is 2.41. The molecule has 0 saturated carbocycles. The van der Waals surface area contributed by atoms with Gasteiger partial charge in [-0.05, 0) is 54.8 Å². The number of anilines is 1. The first-order chi connectivity index (χ1) is 9.83. The normalized spacial score (nSPS) is 11.4. The monoisotopic (exact) mass is 308 g/mol. The lowest BCUT2D eigenvalue weighted by atomic mass is 10.1. The van der Waals surface area contributed by atoms with E-state index in [1.54, 1.807) is 13.0 Å². The van der Waals surface area contributed by atoms with Crippen LogP contribution in [0.25, 0.3) is 0 Å². The average molecular weight is 308 g/mol. The fraction of sp³-hybridized carbons (Fsp3) is 0.200. The number of nitrogens with one attached hydrogen (secondary N) is 1. The Morgan fingerprint density at radius 2 is 1.76 bits per heavy atom. The van der Waals surface area contributed by atoms with Gasteiger partial charge in [0, 0.05) is 6.54 Å². The van der Waals surface area contributed by atoms with Crippen LogP contribution in [0.15, 0.2) is 41.3 Å². The number of rotatable bonds is 4. The highest BCUT2D eigenvalue weighted by atomic mass is 32.2. The molecule has 6 heteroatoms. The zero-order valence-electron chi connectivity index (χ0n) is 11.9. The van der Waals surface area contributed by atoms with Crippen molar-refractivity contribution < 1.29 is 12.8 Å². The highest BCUT2D eigenvalue weighted by Gasteiger charge is 2.16. The molecule has 0 heterocycles. The van der Waals surface area contributed by atoms with Gasteiger partial charge in [0.15, 0.2) is 0 Å². The van der Waals surface area contributed by atoms with Crippen molar-refractivity contribution in [1.82, 2.24) is 0 Å². The second-order valence-corrected chi connectivity index (χ2v) is 6.54. The van der Waals surface area contributed by atoms with Gasteiger partial charge < -0.3 is 5.73 Å². The van der Waals surface area contributed by atoms with Crippen LogP contribution >= 0.6 is 0 Å². The molecule has 0 radical (unpaired) electrons. The summed E-state index contributed by atoms with van der Waals surface area (Å²) in [6, 6.07) is 8.71. The quantitative estimate of drug-likeness (QED) is 0.912. The lowest BCUT2D eigenvalue weighted by Gasteiger charge is -2.12. The zero-order valence-corrected chi connectivity index (χ0v) is 12.7. The van der Waals surface area contributed by atoms with Crippen molar-refractivity contribution in [2.75, 3.05) is 4.72 Å². The van der Waals surface area contributed by atoms with E-state index in [9.17, 15) is 12.8 Å². The first-order valence-corrected chi connectivity index (χ1v) is 7.90. The van der Waals surface area contributed by atoms with E-state index in [0.717, 1.165) is 17.2 Å². The molecule has 2 aromatic carbocycles. The van der Waals surface area contributed by atoms with E-state index in [4.69, 9.17) is 5.73 Å². The summed E-state index contributed by atoms with van der Waals surface area (Å²) in [4.78, 5) is 0.109. The van der Waals surface area contributed by atoms with Crippen LogP contribution in [0, 0.1) is 19.7 Å². The fourth-order valence-electron chi connectivity index (χ4n) is 1.94. The molecule has 0 saturated heterocycles. The maximum absolute atomic E-state index is 13.2. The zero-order chi connectivity index (χ0) is 15.6. The van der Waals surface area contributed by atoms with Crippen molar-refractivity contribution in [3.05, 3.63) is 58.9 Å². The van der Waals surface area contributed by atoms with Crippen molar-refractivity contribution in [1.29, 1.82) is 0 Å². The summed E-state index contributed by atoms with van der Waals surface area (Å²) in [5.74, 6) is -0.496. The molecule has 0 unspecified atom stereocenters. The van der Waals surface area contributed by atoms with Gasteiger partial charge in [-0.1, -0.05) is 12.1 Å². The van der Waals surface area contributed by atoms with Gasteiger partial charge in [0.05, 0.1) is 10.6 Å². The number of sulfonamides is 1. The van der Waals surface area contributed by atoms with E-state index in [-0.39, 0.29) is 17.1 Å². The van der Waals surface area contributed by atoms with Crippen molar-refractivity contribution in [3.8, 4) is 0 Å². The third kappa shape index (κ3) is 3.40. The van der Waals surface area contributed by atoms with Crippen LogP contribution in [-0.4, -0.2) is 8.42 Å². The number of benzene rings is 2. The minimum Gasteiger partial charge on any atom is -0.326 e. The molecule has 2 rings (SSSR count). The lowest BCUT2D eigenvalue weighted by molar-refractivity contribution is 0.601. The lowest BCUT2D eigenvalue weighted by Crippen LogP contribution is -2.15. The van der Waals surface area contributed by atoms with Gasteiger partial charge >= 0.3 is 0 Å². The summed E-state index contributed by atoms with van der Waals surface area (Å²) in [7, 11) is -3.77. The van der Waals surface area contributed by atoms with Crippen molar-refractivity contribution in [3.63, 3.8) is 0 Å². The van der Waals surface area contributed by atoms with Crippen molar-refractivity contribution in [2.45, 2.75) is 25.3 Å². The summed E-state index contributed by atoms with van der Waals surface area (Å²) in [5, 5.41) is 0. The van der Waals surface area contributed by atoms with Gasteiger partial charge in [-0.2, -0.15) is 0 Å². The second kappa shape index (κ2) is 5.83. The van der Waals surface area contributed by atoms with Crippen LogP contribution in [0.3, 0.4) is 0 Å². The first kappa shape index (κ1) is 15.5. The molecule has 112 valence electrons. The Morgan fingerprint density at radius 3 is 2.43 bits per heavy atom. The Hall–Kier alpha value is -1.92. The van der Waals surface area contributed by atoms with Gasteiger partial charge in [-0.15, -0.1) is 0 Å². The molecule has 0 aromatic heterocycles. The van der Waals surface area contributed by atoms with Crippen molar-refractivity contribution in [2.24, 2.45) is 5.73 Å². The van der Waals surface area contributed by atoms with E-state index in [0.29, 0.717) is 5.56 Å². The molecular weight excluding hydrogens is 291 g/mol. The maximum atomic E-state index is 13.2. The number of hydrogen-bond acceptors (Lipinski definition) is 3. The third-order valence-corrected chi connectivity index (χ3v) is 4.66. The SMILES string of the molecule is Cc1ccc(S(=O)(=O)Nc2cc(F)ccc2C)cc1CN. The van der Waals surface area contributed by atoms with Crippen LogP contribution in [-0.2, 0) is 16.6 Å². The molecule has 0 amide bonds. The smallest absolute Gasteiger partial charge is 0.261 e. The molecule has 21 heavy (non-hydrogen) atoms. The van der Waals surface area contributed by atoms with Crippen LogP contribution in [0.1, 0.15) is 16.7 Å². The van der Waals surface area contributed by atoms with Crippen LogP contribution < -0.4 is 10.5 Å². The molecule has 4 nitrogen and oxygen atoms in total. The Kier molecular flexibility index (Phi) is 4.29. The first-order valence-electron chi connectivity index (χ1n) is 6.42. The topological polar surface area (TPSA) is 72.2 Å². The number of aryl methyl sites for hydroxylation is 2. The van der Waals surface area contributed by atoms with Gasteiger partial charge in [0.1, 0.15) is 5.82 Å². The molecule has 0 bridgehead atoms. The fourth-order valence-corrected chi connectivity index (χ4v) is 3.11. The predicted molar refractivity (Wildman–Crippen MR) is 81.0 cm³/mol. The van der Waals surface area contributed by atoms with Gasteiger partial charge in [-0.25, -0.2) is 12.8 Å². The summed E-state index contributed by atoms with van der Waals surface area (Å²) in [6.45, 7) is 3.83. The number of hydrogen-bond donors (Lipinski definition) is 2. The highest BCUT2D eigenvalue weighted by molar-refractivity contribution is 7.92. The Morgan fingerprint density at radius 1 is 1.10 bits per heavy atom. The molecule has 0 fully saturated rings. The molecule has 3 N–H and O–H groups in total. The average Bonchev–Trinajstić information content (AvgIpc) is 2.43. The molecule has 2 aromatic rings. The minimum atomic E-state index is -3.77. The van der Waals surface area contributed by atoms with Crippen LogP contribution in [0.4, 0.5) is 10.1 Å². The van der Waals surface area contributed by atoms with E-state index in [1.807, 2.05) is 6.92 Å². The number of halogens is 1. The van der Waals surface area contributed by atoms with Gasteiger partial charge in [-0.3, -0.25) is 4.72 Å². The predicted octanol–water partition coefficient (Wildman–Crippen LogP) is 2.70. The summed E-state index contributed by atoms with van der Waals surface area (Å²) >= 11 is 0. The maximum Gasteiger partial charge on any atom is 0.261 e. The van der Waals surface area contributed by atoms with Crippen LogP contribution in [0.2, 0.25) is 0 Å². The van der Waals surface area contributed by atoms with E-state index in [2.05, 4.69) is 4.72 Å². The Bertz CT molecular complexity index is 773. The molecule has 0 atom stereocenters. The van der Waals surface area contributed by atoms with E-state index >= 15 is 0 Å². The molecule has 0 aliphatic heterocycles. The summed E-state index contributed by atoms with van der Waals surface area (Å²) < 4.78 is 40.4. The second-order valence-electron chi connectivity index (χ2n) is 4.86. The molecule has 0 aliphatic rings. The van der Waals surface area contributed by atoms with Gasteiger partial charge in [0.25, 0.3) is 10.0 Å². The van der Waals surface area contributed by atoms with Crippen LogP contribution in [0.5, 0.6) is 0 Å². The number of nitrogens with two attached hydrogens (primary N) is 1. The molecule has 0 spiro atoms. The minimum absolute atomic E-state index is 0.109. The van der Waals surface area contributed by atoms with Crippen molar-refractivity contribution >= 4 is 15.7 Å². The third-order valence-electron chi connectivity index (χ3n) is 3.29. The molecular formula is C15H17FN2O2S. The highest BCUT2D eigenvalue weighted by Crippen LogP contribution is 2.22. The summed E-state index contributed by atoms with van der Waals surface area (Å²) in [5.41, 5.74) is 8.15. The van der Waals surface area contributed by atoms with E-state index < -0.39 is 15.8 Å². The standard InChI is InChI=1S/C15H17FN2O2S/c1-10-4-6-14(7-12(10)9-17)21(19,20)18-15-8-13(16)5-3-11(15)2/h3-8,18H,9,17H2,1-2H3. The van der Waals surface area contributed by atoms with Gasteiger partial charge in [0.2, 0.25) is 0 Å². The Labute approximate surface area is 123 Å². The van der Waals surface area contributed by atoms with E-state index in [1.165, 1.54) is 24.3 Å².